The number of aromatic hydroxyl groups is 2. The third kappa shape index (κ3) is 2.84. The number of aliphatic carboxylic acids is 1. The fourth-order valence-electron chi connectivity index (χ4n) is 2.46. The van der Waals surface area contributed by atoms with Gasteiger partial charge in [0.05, 0.1) is 5.56 Å². The number of phenols is 2. The molecule has 1 atom stereocenters. The first-order chi connectivity index (χ1) is 9.50. The van der Waals surface area contributed by atoms with Crippen LogP contribution in [0.25, 0.3) is 0 Å². The number of carboxylic acid groups (broad SMARTS) is 1. The Morgan fingerprint density at radius 3 is 2.55 bits per heavy atom. The number of rotatable bonds is 2. The second-order valence-electron chi connectivity index (χ2n) is 4.90. The van der Waals surface area contributed by atoms with Crippen LogP contribution < -0.4 is 0 Å². The molecule has 108 valence electrons. The monoisotopic (exact) mass is 279 g/mol. The molecule has 20 heavy (non-hydrogen) atoms. The number of phenolic OH excluding ortho intramolecular Hbond substituents is 2. The highest BCUT2D eigenvalue weighted by Gasteiger charge is 2.32. The lowest BCUT2D eigenvalue weighted by molar-refractivity contribution is -0.142. The molecule has 3 N–H and O–H groups in total. The van der Waals surface area contributed by atoms with Crippen molar-refractivity contribution in [1.82, 2.24) is 4.90 Å². The van der Waals surface area contributed by atoms with Crippen LogP contribution in [0.1, 0.15) is 36.0 Å². The van der Waals surface area contributed by atoms with E-state index in [1.165, 1.54) is 17.0 Å². The molecule has 0 aliphatic carbocycles. The Bertz CT molecular complexity index is 528. The Labute approximate surface area is 116 Å². The molecule has 6 heteroatoms. The summed E-state index contributed by atoms with van der Waals surface area (Å²) >= 11 is 0. The number of carboxylic acids is 1. The van der Waals surface area contributed by atoms with E-state index in [0.717, 1.165) is 25.3 Å². The van der Waals surface area contributed by atoms with Gasteiger partial charge in [-0.1, -0.05) is 12.8 Å². The van der Waals surface area contributed by atoms with Crippen molar-refractivity contribution < 1.29 is 24.9 Å². The number of amides is 1. The summed E-state index contributed by atoms with van der Waals surface area (Å²) in [5.74, 6) is -2.04. The minimum Gasteiger partial charge on any atom is -0.508 e. The van der Waals surface area contributed by atoms with Gasteiger partial charge in [-0.2, -0.15) is 0 Å². The number of likely N-dealkylation sites (tertiary alicyclic amines) is 1. The number of benzene rings is 1. The normalized spacial score (nSPS) is 19.4. The predicted octanol–water partition coefficient (Wildman–Crippen LogP) is 1.57. The summed E-state index contributed by atoms with van der Waals surface area (Å²) in [5.41, 5.74) is 0.0101. The van der Waals surface area contributed by atoms with E-state index in [0.29, 0.717) is 13.0 Å². The minimum absolute atomic E-state index is 0.0101. The molecule has 0 saturated carbocycles. The van der Waals surface area contributed by atoms with Crippen molar-refractivity contribution >= 4 is 11.9 Å². The summed E-state index contributed by atoms with van der Waals surface area (Å²) in [6, 6.07) is 2.80. The van der Waals surface area contributed by atoms with Crippen molar-refractivity contribution in [3.8, 4) is 11.5 Å². The Hall–Kier alpha value is -2.24. The average Bonchev–Trinajstić information content (AvgIpc) is 2.63. The van der Waals surface area contributed by atoms with Gasteiger partial charge < -0.3 is 20.2 Å². The molecule has 1 aliphatic rings. The van der Waals surface area contributed by atoms with E-state index in [9.17, 15) is 24.9 Å². The van der Waals surface area contributed by atoms with Crippen LogP contribution >= 0.6 is 0 Å². The summed E-state index contributed by atoms with van der Waals surface area (Å²) in [6.45, 7) is 0.357. The quantitative estimate of drug-likeness (QED) is 0.763. The van der Waals surface area contributed by atoms with Gasteiger partial charge >= 0.3 is 5.97 Å². The molecule has 1 heterocycles. The second-order valence-corrected chi connectivity index (χ2v) is 4.90. The van der Waals surface area contributed by atoms with Gasteiger partial charge in [0.2, 0.25) is 0 Å². The van der Waals surface area contributed by atoms with Gasteiger partial charge in [-0.3, -0.25) is 4.79 Å². The highest BCUT2D eigenvalue weighted by molar-refractivity contribution is 5.99. The largest absolute Gasteiger partial charge is 0.508 e. The first kappa shape index (κ1) is 14.2. The standard InChI is InChI=1S/C14H17NO5/c16-9-5-6-10(12(17)8-9)13(18)15-7-3-1-2-4-11(15)14(19)20/h5-6,8,11,16-17H,1-4,7H2,(H,19,20). The number of hydrogen-bond donors (Lipinski definition) is 3. The van der Waals surface area contributed by atoms with Gasteiger partial charge in [-0.05, 0) is 25.0 Å². The molecule has 0 bridgehead atoms. The van der Waals surface area contributed by atoms with Crippen LogP contribution in [0.5, 0.6) is 11.5 Å². The summed E-state index contributed by atoms with van der Waals surface area (Å²) < 4.78 is 0. The maximum atomic E-state index is 12.4. The Morgan fingerprint density at radius 1 is 1.15 bits per heavy atom. The third-order valence-electron chi connectivity index (χ3n) is 3.51. The van der Waals surface area contributed by atoms with Gasteiger partial charge in [0.25, 0.3) is 5.91 Å². The highest BCUT2D eigenvalue weighted by Crippen LogP contribution is 2.26. The molecule has 1 unspecified atom stereocenters. The van der Waals surface area contributed by atoms with E-state index < -0.39 is 17.9 Å². The fourth-order valence-corrected chi connectivity index (χ4v) is 2.46. The molecule has 1 fully saturated rings. The molecule has 0 aromatic heterocycles. The molecule has 1 saturated heterocycles. The van der Waals surface area contributed by atoms with E-state index in [1.807, 2.05) is 0 Å². The Morgan fingerprint density at radius 2 is 1.90 bits per heavy atom. The third-order valence-corrected chi connectivity index (χ3v) is 3.51. The molecule has 6 nitrogen and oxygen atoms in total. The lowest BCUT2D eigenvalue weighted by Crippen LogP contribution is -2.44. The van der Waals surface area contributed by atoms with Crippen LogP contribution in [0.15, 0.2) is 18.2 Å². The van der Waals surface area contributed by atoms with Crippen LogP contribution in [-0.2, 0) is 4.79 Å². The second kappa shape index (κ2) is 5.81. The molecule has 1 aromatic carbocycles. The number of carbonyl (C=O) groups is 2. The van der Waals surface area contributed by atoms with E-state index in [2.05, 4.69) is 0 Å². The minimum atomic E-state index is -1.03. The maximum Gasteiger partial charge on any atom is 0.326 e. The Kier molecular flexibility index (Phi) is 4.12. The topological polar surface area (TPSA) is 98.1 Å². The number of nitrogens with zero attached hydrogens (tertiary/aromatic N) is 1. The van der Waals surface area contributed by atoms with E-state index in [1.54, 1.807) is 0 Å². The number of carbonyl (C=O) groups excluding carboxylic acids is 1. The summed E-state index contributed by atoms with van der Waals surface area (Å²) in [4.78, 5) is 25.0. The summed E-state index contributed by atoms with van der Waals surface area (Å²) in [5, 5.41) is 28.2. The van der Waals surface area contributed by atoms with Crippen molar-refractivity contribution in [1.29, 1.82) is 0 Å². The average molecular weight is 279 g/mol. The van der Waals surface area contributed by atoms with Crippen LogP contribution in [0, 0.1) is 0 Å². The van der Waals surface area contributed by atoms with Crippen LogP contribution in [0.2, 0.25) is 0 Å². The zero-order valence-corrected chi connectivity index (χ0v) is 11.0. The molecule has 1 aliphatic heterocycles. The van der Waals surface area contributed by atoms with Crippen molar-refractivity contribution in [2.45, 2.75) is 31.7 Å². The van der Waals surface area contributed by atoms with Crippen molar-refractivity contribution in [3.05, 3.63) is 23.8 Å². The van der Waals surface area contributed by atoms with E-state index in [4.69, 9.17) is 0 Å². The van der Waals surface area contributed by atoms with Crippen molar-refractivity contribution in [2.75, 3.05) is 6.54 Å². The van der Waals surface area contributed by atoms with E-state index in [-0.39, 0.29) is 17.1 Å². The smallest absolute Gasteiger partial charge is 0.326 e. The van der Waals surface area contributed by atoms with Gasteiger partial charge in [-0.15, -0.1) is 0 Å². The van der Waals surface area contributed by atoms with Gasteiger partial charge in [-0.25, -0.2) is 4.79 Å². The van der Waals surface area contributed by atoms with Crippen molar-refractivity contribution in [3.63, 3.8) is 0 Å². The lowest BCUT2D eigenvalue weighted by atomic mass is 10.1. The lowest BCUT2D eigenvalue weighted by Gasteiger charge is -2.27. The van der Waals surface area contributed by atoms with Crippen LogP contribution in [0.3, 0.4) is 0 Å². The first-order valence-electron chi connectivity index (χ1n) is 6.56. The van der Waals surface area contributed by atoms with Gasteiger partial charge in [0.1, 0.15) is 17.5 Å². The van der Waals surface area contributed by atoms with E-state index >= 15 is 0 Å². The highest BCUT2D eigenvalue weighted by atomic mass is 16.4. The molecule has 2 rings (SSSR count). The molecule has 0 spiro atoms. The summed E-state index contributed by atoms with van der Waals surface area (Å²) in [6.07, 6.45) is 2.81. The first-order valence-corrected chi connectivity index (χ1v) is 6.56. The zero-order chi connectivity index (χ0) is 14.7. The van der Waals surface area contributed by atoms with Crippen molar-refractivity contribution in [2.24, 2.45) is 0 Å². The molecule has 1 aromatic rings. The molecule has 0 radical (unpaired) electrons. The SMILES string of the molecule is O=C(O)C1CCCCCN1C(=O)c1ccc(O)cc1O. The van der Waals surface area contributed by atoms with Crippen LogP contribution in [-0.4, -0.2) is 44.7 Å². The van der Waals surface area contributed by atoms with Crippen LogP contribution in [0.4, 0.5) is 0 Å². The molecule has 1 amide bonds. The molecular weight excluding hydrogens is 262 g/mol. The summed E-state index contributed by atoms with van der Waals surface area (Å²) in [7, 11) is 0. The zero-order valence-electron chi connectivity index (χ0n) is 11.0. The predicted molar refractivity (Wildman–Crippen MR) is 70.7 cm³/mol. The Balaban J connectivity index is 2.31. The molecular formula is C14H17NO5. The maximum absolute atomic E-state index is 12.4. The van der Waals surface area contributed by atoms with Gasteiger partial charge in [0, 0.05) is 12.6 Å². The fraction of sp³-hybridized carbons (Fsp3) is 0.429. The number of hydrogen-bond acceptors (Lipinski definition) is 4. The van der Waals surface area contributed by atoms with Gasteiger partial charge in [0.15, 0.2) is 0 Å².